The fourth-order valence-electron chi connectivity index (χ4n) is 2.05. The maximum absolute atomic E-state index is 3.58. The Morgan fingerprint density at radius 1 is 1.05 bits per heavy atom. The molecule has 0 aliphatic carbocycles. The summed E-state index contributed by atoms with van der Waals surface area (Å²) < 4.78 is 2.23. The van der Waals surface area contributed by atoms with Crippen molar-refractivity contribution in [2.75, 3.05) is 6.54 Å². The van der Waals surface area contributed by atoms with Gasteiger partial charge in [-0.05, 0) is 61.9 Å². The molecule has 2 aromatic rings. The normalized spacial score (nSPS) is 12.4. The molecular formula is C17H19Br2NS. The molecule has 0 saturated heterocycles. The lowest BCUT2D eigenvalue weighted by Crippen LogP contribution is -2.19. The van der Waals surface area contributed by atoms with Crippen molar-refractivity contribution in [2.45, 2.75) is 36.1 Å². The Morgan fingerprint density at radius 3 is 2.38 bits per heavy atom. The van der Waals surface area contributed by atoms with Crippen molar-refractivity contribution in [1.29, 1.82) is 0 Å². The molecule has 0 heterocycles. The Labute approximate surface area is 148 Å². The Balaban J connectivity index is 2.24. The quantitative estimate of drug-likeness (QED) is 0.569. The number of hydrogen-bond donors (Lipinski definition) is 1. The lowest BCUT2D eigenvalue weighted by Gasteiger charge is -2.18. The number of nitrogens with one attached hydrogen (secondary N) is 1. The summed E-state index contributed by atoms with van der Waals surface area (Å²) in [5, 5.41) is 3.57. The van der Waals surface area contributed by atoms with E-state index in [1.807, 2.05) is 11.8 Å². The van der Waals surface area contributed by atoms with Crippen molar-refractivity contribution in [3.63, 3.8) is 0 Å². The second-order valence-corrected chi connectivity index (χ2v) is 7.86. The van der Waals surface area contributed by atoms with Crippen LogP contribution in [0, 0.1) is 0 Å². The summed E-state index contributed by atoms with van der Waals surface area (Å²) in [5.41, 5.74) is 1.35. The van der Waals surface area contributed by atoms with Gasteiger partial charge in [0, 0.05) is 24.8 Å². The molecule has 21 heavy (non-hydrogen) atoms. The lowest BCUT2D eigenvalue weighted by molar-refractivity contribution is 0.563. The molecule has 0 aromatic heterocycles. The van der Waals surface area contributed by atoms with Crippen molar-refractivity contribution < 1.29 is 0 Å². The van der Waals surface area contributed by atoms with Gasteiger partial charge in [0.05, 0.1) is 0 Å². The van der Waals surface area contributed by atoms with Crippen molar-refractivity contribution >= 4 is 43.6 Å². The molecule has 0 bridgehead atoms. The number of hydrogen-bond acceptors (Lipinski definition) is 2. The Kier molecular flexibility index (Phi) is 6.80. The minimum absolute atomic E-state index is 0.357. The van der Waals surface area contributed by atoms with Gasteiger partial charge in [-0.3, -0.25) is 0 Å². The Bertz CT molecular complexity index is 584. The summed E-state index contributed by atoms with van der Waals surface area (Å²) in [6, 6.07) is 15.3. The van der Waals surface area contributed by atoms with Crippen molar-refractivity contribution in [3.05, 3.63) is 57.0 Å². The lowest BCUT2D eigenvalue weighted by atomic mass is 10.1. The number of rotatable bonds is 6. The van der Waals surface area contributed by atoms with Crippen LogP contribution in [0.15, 0.2) is 61.2 Å². The van der Waals surface area contributed by atoms with E-state index < -0.39 is 0 Å². The van der Waals surface area contributed by atoms with E-state index in [0.29, 0.717) is 6.04 Å². The fraction of sp³-hybridized carbons (Fsp3) is 0.294. The first kappa shape index (κ1) is 17.1. The van der Waals surface area contributed by atoms with Crippen LogP contribution in [0.5, 0.6) is 0 Å². The first-order valence-electron chi connectivity index (χ1n) is 7.06. The zero-order chi connectivity index (χ0) is 15.2. The van der Waals surface area contributed by atoms with E-state index in [1.54, 1.807) is 0 Å². The molecule has 2 rings (SSSR count). The smallest absolute Gasteiger partial charge is 0.0303 e. The predicted molar refractivity (Wildman–Crippen MR) is 99.1 cm³/mol. The molecule has 0 amide bonds. The van der Waals surface area contributed by atoms with Gasteiger partial charge in [-0.25, -0.2) is 0 Å². The monoisotopic (exact) mass is 427 g/mol. The van der Waals surface area contributed by atoms with Crippen LogP contribution in [-0.4, -0.2) is 6.54 Å². The first-order valence-corrected chi connectivity index (χ1v) is 9.46. The van der Waals surface area contributed by atoms with Crippen LogP contribution in [0.4, 0.5) is 0 Å². The summed E-state index contributed by atoms with van der Waals surface area (Å²) >= 11 is 8.87. The SMILES string of the molecule is CCCNC(C)c1ccc(Br)cc1Sc1ccc(Br)cc1. The zero-order valence-electron chi connectivity index (χ0n) is 12.2. The van der Waals surface area contributed by atoms with Crippen LogP contribution in [0.3, 0.4) is 0 Å². The third kappa shape index (κ3) is 5.13. The molecule has 0 aliphatic rings. The van der Waals surface area contributed by atoms with Gasteiger partial charge in [-0.1, -0.05) is 56.6 Å². The van der Waals surface area contributed by atoms with Gasteiger partial charge in [0.25, 0.3) is 0 Å². The standard InChI is InChI=1S/C17H19Br2NS/c1-3-10-20-12(2)16-9-6-14(19)11-17(16)21-15-7-4-13(18)5-8-15/h4-9,11-12,20H,3,10H2,1-2H3. The van der Waals surface area contributed by atoms with Crippen LogP contribution in [0.25, 0.3) is 0 Å². The van der Waals surface area contributed by atoms with Crippen LogP contribution in [-0.2, 0) is 0 Å². The average Bonchev–Trinajstić information content (AvgIpc) is 2.47. The summed E-state index contributed by atoms with van der Waals surface area (Å²) in [7, 11) is 0. The molecule has 0 saturated carbocycles. The second kappa shape index (κ2) is 8.37. The highest BCUT2D eigenvalue weighted by Gasteiger charge is 2.11. The highest BCUT2D eigenvalue weighted by atomic mass is 79.9. The van der Waals surface area contributed by atoms with Crippen molar-refractivity contribution in [2.24, 2.45) is 0 Å². The molecule has 0 radical (unpaired) electrons. The number of halogens is 2. The highest BCUT2D eigenvalue weighted by molar-refractivity contribution is 9.10. The minimum atomic E-state index is 0.357. The van der Waals surface area contributed by atoms with Gasteiger partial charge in [-0.15, -0.1) is 0 Å². The van der Waals surface area contributed by atoms with E-state index in [2.05, 4.69) is 93.5 Å². The highest BCUT2D eigenvalue weighted by Crippen LogP contribution is 2.35. The summed E-state index contributed by atoms with van der Waals surface area (Å²) in [6.45, 7) is 5.46. The van der Waals surface area contributed by atoms with Gasteiger partial charge >= 0.3 is 0 Å². The largest absolute Gasteiger partial charge is 0.310 e. The van der Waals surface area contributed by atoms with E-state index in [9.17, 15) is 0 Å². The molecule has 112 valence electrons. The molecule has 0 aliphatic heterocycles. The van der Waals surface area contributed by atoms with Crippen LogP contribution in [0.1, 0.15) is 31.9 Å². The summed E-state index contributed by atoms with van der Waals surface area (Å²) in [4.78, 5) is 2.54. The van der Waals surface area contributed by atoms with E-state index in [1.165, 1.54) is 15.4 Å². The predicted octanol–water partition coefficient (Wildman–Crippen LogP) is 6.42. The van der Waals surface area contributed by atoms with E-state index >= 15 is 0 Å². The molecule has 2 aromatic carbocycles. The fourth-order valence-corrected chi connectivity index (χ4v) is 3.91. The third-order valence-electron chi connectivity index (χ3n) is 3.18. The van der Waals surface area contributed by atoms with Gasteiger partial charge in [0.1, 0.15) is 0 Å². The van der Waals surface area contributed by atoms with Crippen LogP contribution >= 0.6 is 43.6 Å². The molecule has 0 fully saturated rings. The van der Waals surface area contributed by atoms with Gasteiger partial charge in [0.2, 0.25) is 0 Å². The third-order valence-corrected chi connectivity index (χ3v) is 5.29. The summed E-state index contributed by atoms with van der Waals surface area (Å²) in [5.74, 6) is 0. The summed E-state index contributed by atoms with van der Waals surface area (Å²) in [6.07, 6.45) is 1.15. The van der Waals surface area contributed by atoms with Gasteiger partial charge in [0.15, 0.2) is 0 Å². The molecule has 4 heteroatoms. The van der Waals surface area contributed by atoms with Crippen LogP contribution < -0.4 is 5.32 Å². The Hall–Kier alpha value is -0.290. The minimum Gasteiger partial charge on any atom is -0.310 e. The molecule has 1 unspecified atom stereocenters. The number of benzene rings is 2. The first-order chi connectivity index (χ1) is 10.1. The van der Waals surface area contributed by atoms with Crippen molar-refractivity contribution in [3.8, 4) is 0 Å². The topological polar surface area (TPSA) is 12.0 Å². The van der Waals surface area contributed by atoms with E-state index in [0.717, 1.165) is 21.9 Å². The van der Waals surface area contributed by atoms with Gasteiger partial charge in [-0.2, -0.15) is 0 Å². The molecule has 1 nitrogen and oxygen atoms in total. The maximum atomic E-state index is 3.58. The van der Waals surface area contributed by atoms with E-state index in [4.69, 9.17) is 0 Å². The van der Waals surface area contributed by atoms with Crippen molar-refractivity contribution in [1.82, 2.24) is 5.32 Å². The average molecular weight is 429 g/mol. The molecule has 1 atom stereocenters. The maximum Gasteiger partial charge on any atom is 0.0303 e. The van der Waals surface area contributed by atoms with E-state index in [-0.39, 0.29) is 0 Å². The van der Waals surface area contributed by atoms with Crippen LogP contribution in [0.2, 0.25) is 0 Å². The molecule has 1 N–H and O–H groups in total. The molecular weight excluding hydrogens is 410 g/mol. The zero-order valence-corrected chi connectivity index (χ0v) is 16.2. The Morgan fingerprint density at radius 2 is 1.71 bits per heavy atom. The van der Waals surface area contributed by atoms with Gasteiger partial charge < -0.3 is 5.32 Å². The molecule has 0 spiro atoms. The second-order valence-electron chi connectivity index (χ2n) is 4.91.